The number of rotatable bonds is 6. The molecule has 2 aromatic rings. The number of nitro benzene ring substituents is 1. The molecule has 0 spiro atoms. The summed E-state index contributed by atoms with van der Waals surface area (Å²) in [6.45, 7) is 2.03. The number of hydrogen-bond donors (Lipinski definition) is 0. The predicted octanol–water partition coefficient (Wildman–Crippen LogP) is 2.27. The number of carbonyl (C=O) groups excluding carboxylic acids is 2. The van der Waals surface area contributed by atoms with Gasteiger partial charge in [0.2, 0.25) is 5.78 Å². The molecule has 0 unspecified atom stereocenters. The van der Waals surface area contributed by atoms with Crippen LogP contribution >= 0.6 is 0 Å². The number of ether oxygens (including phenoxy) is 1. The Morgan fingerprint density at radius 1 is 1.17 bits per heavy atom. The van der Waals surface area contributed by atoms with E-state index in [-0.39, 0.29) is 23.9 Å². The van der Waals surface area contributed by atoms with Gasteiger partial charge in [-0.2, -0.15) is 0 Å². The Morgan fingerprint density at radius 3 is 2.39 bits per heavy atom. The van der Waals surface area contributed by atoms with Gasteiger partial charge in [-0.05, 0) is 31.2 Å². The third kappa shape index (κ3) is 3.63. The smallest absolute Gasteiger partial charge is 0.311 e. The summed E-state index contributed by atoms with van der Waals surface area (Å²) in [6.07, 6.45) is 0.0812. The Bertz CT molecular complexity index is 746. The Morgan fingerprint density at radius 2 is 1.83 bits per heavy atom. The van der Waals surface area contributed by atoms with Crippen LogP contribution in [0.1, 0.15) is 28.7 Å². The predicted molar refractivity (Wildman–Crippen MR) is 82.3 cm³/mol. The molecule has 1 aromatic heterocycles. The van der Waals surface area contributed by atoms with Crippen LogP contribution in [0.4, 0.5) is 5.69 Å². The van der Waals surface area contributed by atoms with Crippen LogP contribution in [0.2, 0.25) is 0 Å². The van der Waals surface area contributed by atoms with Crippen molar-refractivity contribution in [2.45, 2.75) is 13.3 Å². The van der Waals surface area contributed by atoms with Crippen molar-refractivity contribution in [1.82, 2.24) is 4.57 Å². The zero-order chi connectivity index (χ0) is 17.0. The van der Waals surface area contributed by atoms with Crippen LogP contribution in [0.5, 0.6) is 0 Å². The summed E-state index contributed by atoms with van der Waals surface area (Å²) in [6, 6.07) is 8.72. The number of benzene rings is 1. The minimum Gasteiger partial charge on any atom is -0.466 e. The summed E-state index contributed by atoms with van der Waals surface area (Å²) in [5.41, 5.74) is 1.34. The van der Waals surface area contributed by atoms with Gasteiger partial charge in [0.05, 0.1) is 23.6 Å². The van der Waals surface area contributed by atoms with Crippen molar-refractivity contribution in [2.24, 2.45) is 7.05 Å². The molecule has 7 heteroatoms. The lowest BCUT2D eigenvalue weighted by atomic mass is 10.1. The van der Waals surface area contributed by atoms with E-state index in [0.29, 0.717) is 23.6 Å². The Balaban J connectivity index is 2.21. The van der Waals surface area contributed by atoms with Gasteiger partial charge >= 0.3 is 5.97 Å². The van der Waals surface area contributed by atoms with Gasteiger partial charge in [-0.1, -0.05) is 0 Å². The number of aromatic nitrogens is 1. The molecule has 23 heavy (non-hydrogen) atoms. The lowest BCUT2D eigenvalue weighted by molar-refractivity contribution is -0.384. The fraction of sp³-hybridized carbons (Fsp3) is 0.250. The van der Waals surface area contributed by atoms with Crippen LogP contribution in [0.15, 0.2) is 36.4 Å². The zero-order valence-electron chi connectivity index (χ0n) is 12.8. The third-order valence-electron chi connectivity index (χ3n) is 3.43. The highest BCUT2D eigenvalue weighted by atomic mass is 16.6. The lowest BCUT2D eigenvalue weighted by Gasteiger charge is -2.07. The average Bonchev–Trinajstić information content (AvgIpc) is 2.88. The first-order valence-electron chi connectivity index (χ1n) is 7.03. The van der Waals surface area contributed by atoms with Crippen molar-refractivity contribution < 1.29 is 19.2 Å². The summed E-state index contributed by atoms with van der Waals surface area (Å²) >= 11 is 0. The van der Waals surface area contributed by atoms with Gasteiger partial charge in [-0.15, -0.1) is 0 Å². The van der Waals surface area contributed by atoms with E-state index < -0.39 is 4.92 Å². The number of hydrogen-bond acceptors (Lipinski definition) is 5. The van der Waals surface area contributed by atoms with E-state index in [9.17, 15) is 19.7 Å². The van der Waals surface area contributed by atoms with Crippen molar-refractivity contribution in [3.8, 4) is 0 Å². The largest absolute Gasteiger partial charge is 0.466 e. The fourth-order valence-electron chi connectivity index (χ4n) is 2.20. The average molecular weight is 316 g/mol. The van der Waals surface area contributed by atoms with Gasteiger partial charge in [0.25, 0.3) is 5.69 Å². The number of carbonyl (C=O) groups is 2. The van der Waals surface area contributed by atoms with E-state index >= 15 is 0 Å². The maximum atomic E-state index is 12.5. The molecular formula is C16H16N2O5. The highest BCUT2D eigenvalue weighted by molar-refractivity contribution is 6.08. The van der Waals surface area contributed by atoms with E-state index in [1.165, 1.54) is 24.3 Å². The summed E-state index contributed by atoms with van der Waals surface area (Å²) < 4.78 is 6.52. The second-order valence-corrected chi connectivity index (χ2v) is 4.88. The van der Waals surface area contributed by atoms with Crippen molar-refractivity contribution in [2.75, 3.05) is 6.61 Å². The van der Waals surface area contributed by atoms with Crippen LogP contribution in [-0.2, 0) is 23.0 Å². The van der Waals surface area contributed by atoms with Crippen LogP contribution < -0.4 is 0 Å². The monoisotopic (exact) mass is 316 g/mol. The minimum atomic E-state index is -0.520. The molecule has 2 rings (SSSR count). The summed E-state index contributed by atoms with van der Waals surface area (Å²) in [7, 11) is 1.69. The minimum absolute atomic E-state index is 0.0727. The van der Waals surface area contributed by atoms with E-state index in [0.717, 1.165) is 0 Å². The SMILES string of the molecule is CCOC(=O)Cc1ccc(C(=O)c2ccc([N+](=O)[O-])cc2)n1C. The molecule has 0 radical (unpaired) electrons. The quantitative estimate of drug-likeness (QED) is 0.353. The molecule has 0 saturated heterocycles. The van der Waals surface area contributed by atoms with Crippen molar-refractivity contribution in [1.29, 1.82) is 0 Å². The molecule has 0 aliphatic carbocycles. The normalized spacial score (nSPS) is 10.3. The molecule has 120 valence electrons. The number of non-ortho nitro benzene ring substituents is 1. The number of nitrogens with zero attached hydrogens (tertiary/aromatic N) is 2. The third-order valence-corrected chi connectivity index (χ3v) is 3.43. The fourth-order valence-corrected chi connectivity index (χ4v) is 2.20. The van der Waals surface area contributed by atoms with Crippen molar-refractivity contribution >= 4 is 17.4 Å². The summed E-state index contributed by atoms with van der Waals surface area (Å²) in [4.78, 5) is 34.1. The molecule has 0 N–H and O–H groups in total. The molecule has 0 aliphatic rings. The number of ketones is 1. The van der Waals surface area contributed by atoms with Crippen LogP contribution in [-0.4, -0.2) is 27.8 Å². The zero-order valence-corrected chi connectivity index (χ0v) is 12.8. The number of esters is 1. The number of nitro groups is 1. The van der Waals surface area contributed by atoms with E-state index in [2.05, 4.69) is 0 Å². The first kappa shape index (κ1) is 16.4. The Hall–Kier alpha value is -2.96. The molecule has 1 aromatic carbocycles. The van der Waals surface area contributed by atoms with Crippen LogP contribution in [0, 0.1) is 10.1 Å². The van der Waals surface area contributed by atoms with Gasteiger partial charge in [0, 0.05) is 30.4 Å². The van der Waals surface area contributed by atoms with Gasteiger partial charge in [0.1, 0.15) is 0 Å². The first-order valence-corrected chi connectivity index (χ1v) is 7.03. The highest BCUT2D eigenvalue weighted by Crippen LogP contribution is 2.17. The standard InChI is InChI=1S/C16H16N2O5/c1-3-23-15(19)10-13-8-9-14(17(13)2)16(20)11-4-6-12(7-5-11)18(21)22/h4-9H,3,10H2,1-2H3. The maximum absolute atomic E-state index is 12.5. The molecule has 0 aliphatic heterocycles. The van der Waals surface area contributed by atoms with Gasteiger partial charge in [-0.3, -0.25) is 19.7 Å². The molecule has 0 fully saturated rings. The summed E-state index contributed by atoms with van der Waals surface area (Å²) in [5, 5.41) is 10.6. The second kappa shape index (κ2) is 6.87. The van der Waals surface area contributed by atoms with Gasteiger partial charge in [0.15, 0.2) is 0 Å². The lowest BCUT2D eigenvalue weighted by Crippen LogP contribution is -2.13. The Labute approximate surface area is 132 Å². The molecule has 0 bridgehead atoms. The second-order valence-electron chi connectivity index (χ2n) is 4.88. The van der Waals surface area contributed by atoms with Crippen LogP contribution in [0.3, 0.4) is 0 Å². The first-order chi connectivity index (χ1) is 10.9. The molecular weight excluding hydrogens is 300 g/mol. The Kier molecular flexibility index (Phi) is 4.90. The summed E-state index contributed by atoms with van der Waals surface area (Å²) in [5.74, 6) is -0.624. The van der Waals surface area contributed by atoms with Crippen molar-refractivity contribution in [3.05, 3.63) is 63.5 Å². The van der Waals surface area contributed by atoms with E-state index in [1.807, 2.05) is 0 Å². The molecule has 0 saturated carbocycles. The van der Waals surface area contributed by atoms with E-state index in [1.54, 1.807) is 30.7 Å². The maximum Gasteiger partial charge on any atom is 0.311 e. The molecule has 0 amide bonds. The van der Waals surface area contributed by atoms with Crippen LogP contribution in [0.25, 0.3) is 0 Å². The van der Waals surface area contributed by atoms with Gasteiger partial charge in [-0.25, -0.2) is 0 Å². The van der Waals surface area contributed by atoms with Crippen molar-refractivity contribution in [3.63, 3.8) is 0 Å². The molecule has 7 nitrogen and oxygen atoms in total. The molecule has 0 atom stereocenters. The topological polar surface area (TPSA) is 91.4 Å². The molecule has 1 heterocycles. The van der Waals surface area contributed by atoms with Gasteiger partial charge < -0.3 is 9.30 Å². The van der Waals surface area contributed by atoms with E-state index in [4.69, 9.17) is 4.74 Å². The highest BCUT2D eigenvalue weighted by Gasteiger charge is 2.17.